The van der Waals surface area contributed by atoms with Gasteiger partial charge in [-0.25, -0.2) is 4.79 Å². The second-order valence-electron chi connectivity index (χ2n) is 11.0. The van der Waals surface area contributed by atoms with Crippen molar-refractivity contribution in [2.75, 3.05) is 52.4 Å². The monoisotopic (exact) mass is 539 g/mol. The van der Waals surface area contributed by atoms with E-state index in [2.05, 4.69) is 45.4 Å². The average molecular weight is 540 g/mol. The maximum absolute atomic E-state index is 13.3. The number of piperidine rings is 1. The number of rotatable bonds is 9. The van der Waals surface area contributed by atoms with E-state index < -0.39 is 5.41 Å². The van der Waals surface area contributed by atoms with Crippen LogP contribution < -0.4 is 11.1 Å². The predicted octanol–water partition coefficient (Wildman–Crippen LogP) is 3.70. The Bertz CT molecular complexity index is 1180. The highest BCUT2D eigenvalue weighted by molar-refractivity contribution is 5.91. The Balaban J connectivity index is 1.12. The molecule has 210 valence electrons. The predicted molar refractivity (Wildman–Crippen MR) is 159 cm³/mol. The van der Waals surface area contributed by atoms with E-state index in [0.717, 1.165) is 50.4 Å². The lowest BCUT2D eigenvalue weighted by Gasteiger charge is -2.43. The first kappa shape index (κ1) is 27.9. The molecule has 0 radical (unpaired) electrons. The van der Waals surface area contributed by atoms with Crippen molar-refractivity contribution in [2.45, 2.75) is 24.8 Å². The molecule has 7 nitrogen and oxygen atoms in total. The van der Waals surface area contributed by atoms with Crippen LogP contribution in [0.1, 0.15) is 29.5 Å². The fraction of sp³-hybridized carbons (Fsp3) is 0.394. The standard InChI is InChI=1S/C33H41N5O2/c34-31(39)33(28-12-6-2-7-13-28,29-14-8-3-9-15-29)30-16-19-38(20-17-30)32(40)35-18-21-36-22-24-37(25-23-36)26-27-10-4-1-5-11-27/h1-15,30H,16-26H2,(H2,34,39)(H,35,40). The Morgan fingerprint density at radius 3 is 1.75 bits per heavy atom. The Kier molecular flexibility index (Phi) is 9.14. The minimum atomic E-state index is -0.923. The average Bonchev–Trinajstić information content (AvgIpc) is 3.00. The quantitative estimate of drug-likeness (QED) is 0.435. The normalized spacial score (nSPS) is 17.4. The molecule has 7 heteroatoms. The molecule has 2 aliphatic rings. The largest absolute Gasteiger partial charge is 0.369 e. The van der Waals surface area contributed by atoms with Crippen LogP contribution in [-0.4, -0.2) is 79.0 Å². The number of hydrogen-bond acceptors (Lipinski definition) is 4. The highest BCUT2D eigenvalue weighted by atomic mass is 16.2. The van der Waals surface area contributed by atoms with Crippen LogP contribution >= 0.6 is 0 Å². The van der Waals surface area contributed by atoms with Gasteiger partial charge in [0.15, 0.2) is 0 Å². The number of nitrogens with two attached hydrogens (primary N) is 1. The van der Waals surface area contributed by atoms with Crippen molar-refractivity contribution in [3.05, 3.63) is 108 Å². The highest BCUT2D eigenvalue weighted by Crippen LogP contribution is 2.44. The molecule has 3 aromatic carbocycles. The van der Waals surface area contributed by atoms with E-state index in [9.17, 15) is 9.59 Å². The Hall–Kier alpha value is -3.68. The van der Waals surface area contributed by atoms with Crippen LogP contribution in [0.25, 0.3) is 0 Å². The van der Waals surface area contributed by atoms with Crippen LogP contribution in [0.2, 0.25) is 0 Å². The zero-order chi connectivity index (χ0) is 27.8. The van der Waals surface area contributed by atoms with E-state index >= 15 is 0 Å². The molecule has 2 aliphatic heterocycles. The lowest BCUT2D eigenvalue weighted by Crippen LogP contribution is -2.54. The molecule has 0 unspecified atom stereocenters. The molecule has 3 amide bonds. The van der Waals surface area contributed by atoms with Gasteiger partial charge in [0, 0.05) is 58.9 Å². The molecule has 0 saturated carbocycles. The van der Waals surface area contributed by atoms with Crippen molar-refractivity contribution in [3.8, 4) is 0 Å². The van der Waals surface area contributed by atoms with Gasteiger partial charge in [0.05, 0.1) is 0 Å². The summed E-state index contributed by atoms with van der Waals surface area (Å²) in [5.74, 6) is -0.331. The zero-order valence-electron chi connectivity index (χ0n) is 23.3. The second-order valence-corrected chi connectivity index (χ2v) is 11.0. The molecule has 5 rings (SSSR count). The molecule has 0 bridgehead atoms. The van der Waals surface area contributed by atoms with E-state index in [1.807, 2.05) is 65.6 Å². The molecule has 3 N–H and O–H groups in total. The number of urea groups is 1. The summed E-state index contributed by atoms with van der Waals surface area (Å²) in [5.41, 5.74) is 8.47. The first-order chi connectivity index (χ1) is 19.6. The van der Waals surface area contributed by atoms with Crippen molar-refractivity contribution in [2.24, 2.45) is 11.7 Å². The number of carbonyl (C=O) groups is 2. The molecule has 40 heavy (non-hydrogen) atoms. The summed E-state index contributed by atoms with van der Waals surface area (Å²) in [5, 5.41) is 3.13. The fourth-order valence-corrected chi connectivity index (χ4v) is 6.49. The number of benzene rings is 3. The molecule has 0 aromatic heterocycles. The molecule has 0 spiro atoms. The highest BCUT2D eigenvalue weighted by Gasteiger charge is 2.48. The lowest BCUT2D eigenvalue weighted by atomic mass is 9.62. The van der Waals surface area contributed by atoms with Crippen molar-refractivity contribution >= 4 is 11.9 Å². The summed E-state index contributed by atoms with van der Waals surface area (Å²) >= 11 is 0. The van der Waals surface area contributed by atoms with Crippen molar-refractivity contribution in [1.82, 2.24) is 20.0 Å². The maximum atomic E-state index is 13.3. The van der Waals surface area contributed by atoms with Crippen LogP contribution in [0, 0.1) is 5.92 Å². The molecular weight excluding hydrogens is 498 g/mol. The molecule has 2 fully saturated rings. The third-order valence-corrected chi connectivity index (χ3v) is 8.66. The van der Waals surface area contributed by atoms with Crippen LogP contribution in [0.5, 0.6) is 0 Å². The lowest BCUT2D eigenvalue weighted by molar-refractivity contribution is -0.124. The number of amides is 3. The van der Waals surface area contributed by atoms with E-state index in [-0.39, 0.29) is 17.9 Å². The topological polar surface area (TPSA) is 81.9 Å². The number of likely N-dealkylation sites (tertiary alicyclic amines) is 1. The Labute approximate surface area is 238 Å². The van der Waals surface area contributed by atoms with Gasteiger partial charge in [-0.2, -0.15) is 0 Å². The van der Waals surface area contributed by atoms with Gasteiger partial charge < -0.3 is 16.0 Å². The third-order valence-electron chi connectivity index (χ3n) is 8.66. The Morgan fingerprint density at radius 2 is 1.23 bits per heavy atom. The molecule has 2 heterocycles. The minimum Gasteiger partial charge on any atom is -0.369 e. The van der Waals surface area contributed by atoms with Gasteiger partial charge in [0.2, 0.25) is 5.91 Å². The summed E-state index contributed by atoms with van der Waals surface area (Å²) in [6.45, 7) is 7.80. The summed E-state index contributed by atoms with van der Waals surface area (Å²) in [7, 11) is 0. The summed E-state index contributed by atoms with van der Waals surface area (Å²) < 4.78 is 0. The van der Waals surface area contributed by atoms with Gasteiger partial charge in [-0.05, 0) is 35.4 Å². The molecular formula is C33H41N5O2. The van der Waals surface area contributed by atoms with Crippen molar-refractivity contribution in [3.63, 3.8) is 0 Å². The second kappa shape index (κ2) is 13.1. The van der Waals surface area contributed by atoms with Crippen molar-refractivity contribution in [1.29, 1.82) is 0 Å². The zero-order valence-corrected chi connectivity index (χ0v) is 23.3. The molecule has 3 aromatic rings. The Morgan fingerprint density at radius 1 is 0.725 bits per heavy atom. The van der Waals surface area contributed by atoms with Crippen molar-refractivity contribution < 1.29 is 9.59 Å². The summed E-state index contributed by atoms with van der Waals surface area (Å²) in [4.78, 5) is 33.1. The number of primary amides is 1. The van der Waals surface area contributed by atoms with E-state index in [1.165, 1.54) is 5.56 Å². The van der Waals surface area contributed by atoms with Gasteiger partial charge in [-0.15, -0.1) is 0 Å². The maximum Gasteiger partial charge on any atom is 0.317 e. The molecule has 2 saturated heterocycles. The van der Waals surface area contributed by atoms with Gasteiger partial charge in [0.1, 0.15) is 5.41 Å². The van der Waals surface area contributed by atoms with Gasteiger partial charge in [-0.1, -0.05) is 91.0 Å². The van der Waals surface area contributed by atoms with E-state index in [0.29, 0.717) is 32.5 Å². The number of nitrogens with one attached hydrogen (secondary N) is 1. The molecule has 0 atom stereocenters. The smallest absolute Gasteiger partial charge is 0.317 e. The number of carbonyl (C=O) groups excluding carboxylic acids is 2. The summed E-state index contributed by atoms with van der Waals surface area (Å²) in [6.07, 6.45) is 1.42. The van der Waals surface area contributed by atoms with Gasteiger partial charge in [-0.3, -0.25) is 14.6 Å². The van der Waals surface area contributed by atoms with E-state index in [1.54, 1.807) is 0 Å². The van der Waals surface area contributed by atoms with Crippen LogP contribution in [-0.2, 0) is 16.8 Å². The number of piperazine rings is 1. The molecule has 0 aliphatic carbocycles. The van der Waals surface area contributed by atoms with Crippen LogP contribution in [0.4, 0.5) is 4.79 Å². The fourth-order valence-electron chi connectivity index (χ4n) is 6.49. The first-order valence-electron chi connectivity index (χ1n) is 14.5. The van der Waals surface area contributed by atoms with E-state index in [4.69, 9.17) is 5.73 Å². The first-order valence-corrected chi connectivity index (χ1v) is 14.5. The number of nitrogens with zero attached hydrogens (tertiary/aromatic N) is 3. The van der Waals surface area contributed by atoms with Gasteiger partial charge >= 0.3 is 6.03 Å². The van der Waals surface area contributed by atoms with Gasteiger partial charge in [0.25, 0.3) is 0 Å². The van der Waals surface area contributed by atoms with Crippen LogP contribution in [0.3, 0.4) is 0 Å². The SMILES string of the molecule is NC(=O)C(c1ccccc1)(c1ccccc1)C1CCN(C(=O)NCCN2CCN(Cc3ccccc3)CC2)CC1. The number of hydrogen-bond donors (Lipinski definition) is 2. The minimum absolute atomic E-state index is 0.00558. The van der Waals surface area contributed by atoms with Crippen LogP contribution in [0.15, 0.2) is 91.0 Å². The summed E-state index contributed by atoms with van der Waals surface area (Å²) in [6, 6.07) is 30.3. The third kappa shape index (κ3) is 6.21.